The Labute approximate surface area is 122 Å². The van der Waals surface area contributed by atoms with E-state index in [0.717, 1.165) is 0 Å². The first-order valence-electron chi connectivity index (χ1n) is 8.07. The molecule has 1 aliphatic rings. The number of carbonyl (C=O) groups is 1. The van der Waals surface area contributed by atoms with Crippen LogP contribution in [-0.2, 0) is 9.53 Å². The van der Waals surface area contributed by atoms with Gasteiger partial charge in [-0.15, -0.1) is 0 Å². The summed E-state index contributed by atoms with van der Waals surface area (Å²) >= 11 is -2.31. The molecule has 0 aromatic carbocycles. The van der Waals surface area contributed by atoms with Gasteiger partial charge in [0.15, 0.2) is 0 Å². The molecular weight excluding hydrogens is 343 g/mol. The number of hydrogen-bond acceptors (Lipinski definition) is 2. The second kappa shape index (κ2) is 9.04. The number of esters is 1. The van der Waals surface area contributed by atoms with Crippen LogP contribution in [0.3, 0.4) is 0 Å². The summed E-state index contributed by atoms with van der Waals surface area (Å²) in [5.41, 5.74) is 0. The van der Waals surface area contributed by atoms with E-state index in [-0.39, 0.29) is 5.97 Å². The van der Waals surface area contributed by atoms with Gasteiger partial charge in [0.05, 0.1) is 0 Å². The van der Waals surface area contributed by atoms with Crippen LogP contribution in [0, 0.1) is 0 Å². The van der Waals surface area contributed by atoms with E-state index in [4.69, 9.17) is 4.74 Å². The van der Waals surface area contributed by atoms with Crippen LogP contribution >= 0.6 is 0 Å². The molecule has 1 rings (SSSR count). The second-order valence-electron chi connectivity index (χ2n) is 5.90. The molecule has 19 heavy (non-hydrogen) atoms. The number of unbranched alkanes of at least 4 members (excludes halogenated alkanes) is 3. The Balaban J connectivity index is 2.84. The molecular formula is C16H30O2Sn. The van der Waals surface area contributed by atoms with Crippen LogP contribution < -0.4 is 0 Å². The molecule has 0 saturated carbocycles. The fourth-order valence-electron chi connectivity index (χ4n) is 3.09. The number of carbonyl (C=O) groups excluding carboxylic acids is 1. The van der Waals surface area contributed by atoms with Crippen LogP contribution in [0.2, 0.25) is 13.3 Å². The summed E-state index contributed by atoms with van der Waals surface area (Å²) in [7, 11) is 0. The number of hydrogen-bond donors (Lipinski definition) is 0. The van der Waals surface area contributed by atoms with Crippen LogP contribution in [-0.4, -0.2) is 24.3 Å². The van der Waals surface area contributed by atoms with Gasteiger partial charge in [-0.3, -0.25) is 0 Å². The van der Waals surface area contributed by atoms with Crippen molar-refractivity contribution < 1.29 is 9.53 Å². The molecule has 0 atom stereocenters. The summed E-state index contributed by atoms with van der Waals surface area (Å²) in [5.74, 6) is -0.0134. The van der Waals surface area contributed by atoms with Gasteiger partial charge in [0.25, 0.3) is 0 Å². The van der Waals surface area contributed by atoms with Crippen LogP contribution in [0.5, 0.6) is 0 Å². The Morgan fingerprint density at radius 3 is 1.79 bits per heavy atom. The van der Waals surface area contributed by atoms with Gasteiger partial charge in [-0.25, -0.2) is 0 Å². The van der Waals surface area contributed by atoms with E-state index in [2.05, 4.69) is 20.8 Å². The SMILES string of the molecule is CCC[CH2][Sn]([CH2]CCC)([CH2]CCC)[C]1=COC(=O)C1. The number of rotatable bonds is 10. The first-order valence-corrected chi connectivity index (χ1v) is 15.6. The molecule has 1 aliphatic heterocycles. The van der Waals surface area contributed by atoms with E-state index in [1.807, 2.05) is 6.26 Å². The monoisotopic (exact) mass is 374 g/mol. The summed E-state index contributed by atoms with van der Waals surface area (Å²) in [6.07, 6.45) is 10.3. The normalized spacial score (nSPS) is 15.5. The summed E-state index contributed by atoms with van der Waals surface area (Å²) < 4.78 is 10.9. The molecule has 0 spiro atoms. The van der Waals surface area contributed by atoms with Gasteiger partial charge in [0.1, 0.15) is 0 Å². The van der Waals surface area contributed by atoms with E-state index in [1.165, 1.54) is 55.4 Å². The molecule has 0 radical (unpaired) electrons. The molecule has 0 fully saturated rings. The minimum atomic E-state index is -2.31. The van der Waals surface area contributed by atoms with Gasteiger partial charge in [-0.05, 0) is 0 Å². The molecule has 0 aromatic rings. The van der Waals surface area contributed by atoms with E-state index in [0.29, 0.717) is 6.42 Å². The van der Waals surface area contributed by atoms with Crippen molar-refractivity contribution in [2.24, 2.45) is 0 Å². The van der Waals surface area contributed by atoms with E-state index >= 15 is 0 Å². The van der Waals surface area contributed by atoms with Gasteiger partial charge in [0, 0.05) is 0 Å². The maximum atomic E-state index is 11.5. The van der Waals surface area contributed by atoms with Gasteiger partial charge >= 0.3 is 123 Å². The molecule has 0 aliphatic carbocycles. The van der Waals surface area contributed by atoms with E-state index in [1.54, 1.807) is 0 Å². The van der Waals surface area contributed by atoms with Crippen LogP contribution in [0.25, 0.3) is 0 Å². The third kappa shape index (κ3) is 5.13. The fraction of sp³-hybridized carbons (Fsp3) is 0.812. The molecule has 0 bridgehead atoms. The van der Waals surface area contributed by atoms with Crippen molar-refractivity contribution in [2.45, 2.75) is 79.0 Å². The van der Waals surface area contributed by atoms with E-state index < -0.39 is 18.4 Å². The summed E-state index contributed by atoms with van der Waals surface area (Å²) in [6, 6.07) is 0. The Bertz CT molecular complexity index is 288. The average Bonchev–Trinajstić information content (AvgIpc) is 2.85. The summed E-state index contributed by atoms with van der Waals surface area (Å²) in [6.45, 7) is 6.84. The third-order valence-corrected chi connectivity index (χ3v) is 20.3. The fourth-order valence-corrected chi connectivity index (χ4v) is 19.2. The van der Waals surface area contributed by atoms with Crippen molar-refractivity contribution in [3.05, 3.63) is 9.85 Å². The first kappa shape index (κ1) is 17.1. The number of ether oxygens (including phenoxy) is 1. The third-order valence-electron chi connectivity index (χ3n) is 4.38. The van der Waals surface area contributed by atoms with Crippen molar-refractivity contribution in [2.75, 3.05) is 0 Å². The van der Waals surface area contributed by atoms with Crippen LogP contribution in [0.15, 0.2) is 9.85 Å². The quantitative estimate of drug-likeness (QED) is 0.388. The zero-order valence-electron chi connectivity index (χ0n) is 13.0. The van der Waals surface area contributed by atoms with E-state index in [9.17, 15) is 4.79 Å². The predicted octanol–water partition coefficient (Wildman–Crippen LogP) is 5.21. The van der Waals surface area contributed by atoms with Crippen LogP contribution in [0.1, 0.15) is 65.7 Å². The predicted molar refractivity (Wildman–Crippen MR) is 83.7 cm³/mol. The maximum absolute atomic E-state index is 11.5. The van der Waals surface area contributed by atoms with Crippen molar-refractivity contribution in [1.82, 2.24) is 0 Å². The molecule has 0 N–H and O–H groups in total. The Morgan fingerprint density at radius 1 is 1.00 bits per heavy atom. The molecule has 0 aromatic heterocycles. The van der Waals surface area contributed by atoms with Gasteiger partial charge < -0.3 is 0 Å². The first-order chi connectivity index (χ1) is 9.18. The minimum absolute atomic E-state index is 0.0134. The Hall–Kier alpha value is 0.00870. The molecule has 0 amide bonds. The molecule has 0 saturated heterocycles. The Morgan fingerprint density at radius 2 is 1.47 bits per heavy atom. The number of cyclic esters (lactones) is 1. The Kier molecular flexibility index (Phi) is 8.12. The van der Waals surface area contributed by atoms with Crippen LogP contribution in [0.4, 0.5) is 0 Å². The zero-order chi connectivity index (χ0) is 14.1. The second-order valence-corrected chi connectivity index (χ2v) is 19.3. The van der Waals surface area contributed by atoms with Crippen molar-refractivity contribution >= 4 is 24.3 Å². The molecule has 0 unspecified atom stereocenters. The summed E-state index contributed by atoms with van der Waals surface area (Å²) in [4.78, 5) is 11.5. The summed E-state index contributed by atoms with van der Waals surface area (Å²) in [5, 5.41) is 0. The molecule has 1 heterocycles. The molecule has 3 heteroatoms. The zero-order valence-corrected chi connectivity index (χ0v) is 15.8. The van der Waals surface area contributed by atoms with Gasteiger partial charge in [-0.1, -0.05) is 0 Å². The average molecular weight is 373 g/mol. The van der Waals surface area contributed by atoms with Crippen molar-refractivity contribution in [3.8, 4) is 0 Å². The van der Waals surface area contributed by atoms with Crippen molar-refractivity contribution in [1.29, 1.82) is 0 Å². The van der Waals surface area contributed by atoms with Crippen molar-refractivity contribution in [3.63, 3.8) is 0 Å². The molecule has 110 valence electrons. The standard InChI is InChI=1S/C4H3O2.3C4H9.Sn/c5-4-2-1-3-6-4;3*1-3-4-2;/h3H,2H2;3*1,3-4H2,2H3;. The topological polar surface area (TPSA) is 26.3 Å². The molecule has 2 nitrogen and oxygen atoms in total. The van der Waals surface area contributed by atoms with Gasteiger partial charge in [0.2, 0.25) is 0 Å². The van der Waals surface area contributed by atoms with Gasteiger partial charge in [-0.2, -0.15) is 0 Å².